The average Bonchev–Trinajstić information content (AvgIpc) is 2.09. The fourth-order valence-electron chi connectivity index (χ4n) is 1.09. The van der Waals surface area contributed by atoms with Gasteiger partial charge in [-0.2, -0.15) is 0 Å². The van der Waals surface area contributed by atoms with E-state index >= 15 is 0 Å². The number of benzene rings is 1. The maximum atomic E-state index is 5.73. The molecule has 0 amide bonds. The predicted octanol–water partition coefficient (Wildman–Crippen LogP) is 1.87. The van der Waals surface area contributed by atoms with Gasteiger partial charge in [0, 0.05) is 12.8 Å². The van der Waals surface area contributed by atoms with E-state index in [4.69, 9.17) is 15.2 Å². The molecule has 72 valence electrons. The van der Waals surface area contributed by atoms with Crippen LogP contribution in [0.25, 0.3) is 0 Å². The fraction of sp³-hybridized carbons (Fsp3) is 0.400. The molecule has 1 aromatic rings. The van der Waals surface area contributed by atoms with E-state index in [1.807, 2.05) is 26.0 Å². The van der Waals surface area contributed by atoms with Gasteiger partial charge in [-0.25, -0.2) is 0 Å². The molecule has 0 aliphatic rings. The maximum Gasteiger partial charge on any atom is 0.188 e. The van der Waals surface area contributed by atoms with Gasteiger partial charge in [0.15, 0.2) is 6.79 Å². The summed E-state index contributed by atoms with van der Waals surface area (Å²) in [6, 6.07) is 3.82. The van der Waals surface area contributed by atoms with Crippen LogP contribution in [-0.4, -0.2) is 13.9 Å². The summed E-state index contributed by atoms with van der Waals surface area (Å²) in [5.74, 6) is 0.827. The minimum atomic E-state index is 0.268. The Morgan fingerprint density at radius 1 is 1.23 bits per heavy atom. The molecule has 0 fully saturated rings. The number of nitrogens with two attached hydrogens (primary N) is 1. The van der Waals surface area contributed by atoms with Crippen molar-refractivity contribution >= 4 is 5.69 Å². The fourth-order valence-corrected chi connectivity index (χ4v) is 1.09. The zero-order valence-corrected chi connectivity index (χ0v) is 8.26. The summed E-state index contributed by atoms with van der Waals surface area (Å²) in [4.78, 5) is 0. The quantitative estimate of drug-likeness (QED) is 0.572. The van der Waals surface area contributed by atoms with Gasteiger partial charge < -0.3 is 15.2 Å². The Bertz CT molecular complexity index is 297. The van der Waals surface area contributed by atoms with E-state index in [-0.39, 0.29) is 6.79 Å². The summed E-state index contributed by atoms with van der Waals surface area (Å²) >= 11 is 0. The first-order valence-electron chi connectivity index (χ1n) is 4.13. The third-order valence-electron chi connectivity index (χ3n) is 1.90. The molecule has 0 bridgehead atoms. The Hall–Kier alpha value is -1.22. The molecule has 1 rings (SSSR count). The Kier molecular flexibility index (Phi) is 3.14. The largest absolute Gasteiger partial charge is 0.467 e. The second kappa shape index (κ2) is 4.14. The molecule has 0 heterocycles. The molecule has 0 unspecified atom stereocenters. The summed E-state index contributed by atoms with van der Waals surface area (Å²) in [6.45, 7) is 4.18. The van der Waals surface area contributed by atoms with Gasteiger partial charge in [-0.3, -0.25) is 0 Å². The van der Waals surface area contributed by atoms with Crippen LogP contribution in [-0.2, 0) is 4.74 Å². The van der Waals surface area contributed by atoms with Gasteiger partial charge in [0.25, 0.3) is 0 Å². The summed E-state index contributed by atoms with van der Waals surface area (Å²) in [5.41, 5.74) is 8.58. The van der Waals surface area contributed by atoms with E-state index in [1.54, 1.807) is 7.11 Å². The van der Waals surface area contributed by atoms with Gasteiger partial charge in [-0.05, 0) is 37.1 Å². The molecule has 0 radical (unpaired) electrons. The Balaban J connectivity index is 2.88. The zero-order valence-electron chi connectivity index (χ0n) is 8.26. The van der Waals surface area contributed by atoms with Gasteiger partial charge in [-0.15, -0.1) is 0 Å². The maximum absolute atomic E-state index is 5.73. The van der Waals surface area contributed by atoms with Crippen molar-refractivity contribution in [3.63, 3.8) is 0 Å². The van der Waals surface area contributed by atoms with Gasteiger partial charge in [-0.1, -0.05) is 0 Å². The number of ether oxygens (including phenoxy) is 2. The smallest absolute Gasteiger partial charge is 0.188 e. The zero-order chi connectivity index (χ0) is 9.84. The van der Waals surface area contributed by atoms with Crippen LogP contribution in [0.3, 0.4) is 0 Å². The van der Waals surface area contributed by atoms with Crippen LogP contribution in [0.2, 0.25) is 0 Å². The predicted molar refractivity (Wildman–Crippen MR) is 52.8 cm³/mol. The van der Waals surface area contributed by atoms with Gasteiger partial charge >= 0.3 is 0 Å². The molecule has 0 aliphatic heterocycles. The topological polar surface area (TPSA) is 44.5 Å². The van der Waals surface area contributed by atoms with Gasteiger partial charge in [0.1, 0.15) is 5.75 Å². The van der Waals surface area contributed by atoms with Crippen molar-refractivity contribution in [1.29, 1.82) is 0 Å². The molecule has 0 aliphatic carbocycles. The van der Waals surface area contributed by atoms with Crippen LogP contribution in [0.4, 0.5) is 5.69 Å². The molecule has 1 aromatic carbocycles. The van der Waals surface area contributed by atoms with Crippen molar-refractivity contribution in [3.05, 3.63) is 23.3 Å². The summed E-state index contributed by atoms with van der Waals surface area (Å²) in [7, 11) is 1.60. The number of rotatable bonds is 3. The molecular formula is C10H15NO2. The van der Waals surface area contributed by atoms with E-state index in [0.29, 0.717) is 0 Å². The van der Waals surface area contributed by atoms with Gasteiger partial charge in [0.05, 0.1) is 0 Å². The SMILES string of the molecule is COCOc1cc(C)c(N)cc1C. The third-order valence-corrected chi connectivity index (χ3v) is 1.90. The van der Waals surface area contributed by atoms with Crippen LogP contribution in [0.1, 0.15) is 11.1 Å². The van der Waals surface area contributed by atoms with Crippen LogP contribution in [0.5, 0.6) is 5.75 Å². The van der Waals surface area contributed by atoms with Crippen LogP contribution in [0.15, 0.2) is 12.1 Å². The lowest BCUT2D eigenvalue weighted by Gasteiger charge is -2.10. The van der Waals surface area contributed by atoms with E-state index in [9.17, 15) is 0 Å². The standard InChI is InChI=1S/C10H15NO2/c1-7-5-10(13-6-12-3)8(2)4-9(7)11/h4-5H,6,11H2,1-3H3. The molecule has 0 saturated carbocycles. The van der Waals surface area contributed by atoms with Crippen LogP contribution in [0, 0.1) is 13.8 Å². The van der Waals surface area contributed by atoms with Crippen molar-refractivity contribution in [2.45, 2.75) is 13.8 Å². The van der Waals surface area contributed by atoms with Crippen molar-refractivity contribution in [2.75, 3.05) is 19.6 Å². The van der Waals surface area contributed by atoms with Crippen molar-refractivity contribution in [1.82, 2.24) is 0 Å². The van der Waals surface area contributed by atoms with Crippen molar-refractivity contribution < 1.29 is 9.47 Å². The lowest BCUT2D eigenvalue weighted by Crippen LogP contribution is -2.01. The number of anilines is 1. The highest BCUT2D eigenvalue weighted by atomic mass is 16.7. The lowest BCUT2D eigenvalue weighted by molar-refractivity contribution is 0.0506. The highest BCUT2D eigenvalue weighted by Gasteiger charge is 2.02. The van der Waals surface area contributed by atoms with E-state index < -0.39 is 0 Å². The Labute approximate surface area is 78.5 Å². The van der Waals surface area contributed by atoms with Crippen LogP contribution >= 0.6 is 0 Å². The highest BCUT2D eigenvalue weighted by molar-refractivity contribution is 5.53. The summed E-state index contributed by atoms with van der Waals surface area (Å²) < 4.78 is 10.2. The summed E-state index contributed by atoms with van der Waals surface area (Å²) in [5, 5.41) is 0. The minimum absolute atomic E-state index is 0.268. The number of methoxy groups -OCH3 is 1. The molecule has 0 aromatic heterocycles. The monoisotopic (exact) mass is 181 g/mol. The average molecular weight is 181 g/mol. The third kappa shape index (κ3) is 2.36. The molecule has 13 heavy (non-hydrogen) atoms. The molecule has 3 nitrogen and oxygen atoms in total. The van der Waals surface area contributed by atoms with E-state index in [0.717, 1.165) is 22.6 Å². The molecule has 3 heteroatoms. The number of aryl methyl sites for hydroxylation is 2. The highest BCUT2D eigenvalue weighted by Crippen LogP contribution is 2.23. The number of hydrogen-bond donors (Lipinski definition) is 1. The normalized spacial score (nSPS) is 10.1. The van der Waals surface area contributed by atoms with Crippen molar-refractivity contribution in [2.24, 2.45) is 0 Å². The number of hydrogen-bond acceptors (Lipinski definition) is 3. The van der Waals surface area contributed by atoms with Gasteiger partial charge in [0.2, 0.25) is 0 Å². The Morgan fingerprint density at radius 3 is 2.54 bits per heavy atom. The first-order chi connectivity index (χ1) is 6.15. The van der Waals surface area contributed by atoms with E-state index in [2.05, 4.69) is 0 Å². The minimum Gasteiger partial charge on any atom is -0.467 e. The second-order valence-electron chi connectivity index (χ2n) is 3.03. The first kappa shape index (κ1) is 9.86. The Morgan fingerprint density at radius 2 is 1.92 bits per heavy atom. The second-order valence-corrected chi connectivity index (χ2v) is 3.03. The molecule has 0 saturated heterocycles. The molecule has 0 atom stereocenters. The first-order valence-corrected chi connectivity index (χ1v) is 4.13. The molecule has 0 spiro atoms. The lowest BCUT2D eigenvalue weighted by atomic mass is 10.1. The van der Waals surface area contributed by atoms with Crippen molar-refractivity contribution in [3.8, 4) is 5.75 Å². The van der Waals surface area contributed by atoms with E-state index in [1.165, 1.54) is 0 Å². The summed E-state index contributed by atoms with van der Waals surface area (Å²) in [6.07, 6.45) is 0. The molecular weight excluding hydrogens is 166 g/mol. The number of nitrogen functional groups attached to an aromatic ring is 1. The molecule has 2 N–H and O–H groups in total. The van der Waals surface area contributed by atoms with Crippen LogP contribution < -0.4 is 10.5 Å².